The molecule has 3 N–H and O–H groups in total. The Hall–Kier alpha value is -2.21. The largest absolute Gasteiger partial charge is 0.347 e. The SMILES string of the molecule is Cc1ccc(C(N)C(=O)NCc2ncn(C)n2)cc1. The average Bonchev–Trinajstić information content (AvgIpc) is 2.82. The molecule has 0 aliphatic rings. The molecule has 1 unspecified atom stereocenters. The number of hydrogen-bond donors (Lipinski definition) is 2. The molecule has 0 radical (unpaired) electrons. The first-order valence-corrected chi connectivity index (χ1v) is 6.00. The average molecular weight is 259 g/mol. The standard InChI is InChI=1S/C13H17N5O/c1-9-3-5-10(6-4-9)12(14)13(19)15-7-11-16-8-18(2)17-11/h3-6,8,12H,7,14H2,1-2H3,(H,15,19). The summed E-state index contributed by atoms with van der Waals surface area (Å²) < 4.78 is 1.58. The highest BCUT2D eigenvalue weighted by atomic mass is 16.2. The van der Waals surface area contributed by atoms with E-state index in [1.807, 2.05) is 31.2 Å². The molecule has 0 aliphatic heterocycles. The van der Waals surface area contributed by atoms with Gasteiger partial charge in [-0.2, -0.15) is 5.10 Å². The van der Waals surface area contributed by atoms with E-state index in [4.69, 9.17) is 5.73 Å². The van der Waals surface area contributed by atoms with E-state index in [2.05, 4.69) is 15.4 Å². The zero-order valence-corrected chi connectivity index (χ0v) is 11.0. The van der Waals surface area contributed by atoms with E-state index in [0.717, 1.165) is 11.1 Å². The van der Waals surface area contributed by atoms with Gasteiger partial charge >= 0.3 is 0 Å². The van der Waals surface area contributed by atoms with Gasteiger partial charge in [0.25, 0.3) is 0 Å². The van der Waals surface area contributed by atoms with Crippen LogP contribution in [-0.2, 0) is 18.4 Å². The van der Waals surface area contributed by atoms with E-state index in [1.165, 1.54) is 0 Å². The van der Waals surface area contributed by atoms with Crippen LogP contribution in [0.3, 0.4) is 0 Å². The summed E-state index contributed by atoms with van der Waals surface area (Å²) in [6, 6.07) is 6.91. The minimum atomic E-state index is -0.677. The quantitative estimate of drug-likeness (QED) is 0.834. The molecular formula is C13H17N5O. The normalized spacial score (nSPS) is 12.2. The molecule has 0 bridgehead atoms. The molecule has 2 rings (SSSR count). The maximum Gasteiger partial charge on any atom is 0.241 e. The van der Waals surface area contributed by atoms with Gasteiger partial charge in [-0.3, -0.25) is 9.48 Å². The second-order valence-corrected chi connectivity index (χ2v) is 4.44. The van der Waals surface area contributed by atoms with Gasteiger partial charge in [0.2, 0.25) is 5.91 Å². The number of carbonyl (C=O) groups excluding carboxylic acids is 1. The zero-order valence-electron chi connectivity index (χ0n) is 11.0. The van der Waals surface area contributed by atoms with Crippen molar-refractivity contribution in [1.82, 2.24) is 20.1 Å². The number of benzene rings is 1. The minimum Gasteiger partial charge on any atom is -0.347 e. The predicted molar refractivity (Wildman–Crippen MR) is 71.0 cm³/mol. The lowest BCUT2D eigenvalue weighted by atomic mass is 10.1. The molecule has 0 spiro atoms. The predicted octanol–water partition coefficient (Wildman–Crippen LogP) is 0.440. The third-order valence-corrected chi connectivity index (χ3v) is 2.79. The molecule has 1 amide bonds. The fraction of sp³-hybridized carbons (Fsp3) is 0.308. The van der Waals surface area contributed by atoms with Crippen LogP contribution in [0.15, 0.2) is 30.6 Å². The van der Waals surface area contributed by atoms with Gasteiger partial charge in [-0.15, -0.1) is 0 Å². The summed E-state index contributed by atoms with van der Waals surface area (Å²) in [6.07, 6.45) is 1.58. The Morgan fingerprint density at radius 3 is 2.68 bits per heavy atom. The number of amides is 1. The summed E-state index contributed by atoms with van der Waals surface area (Å²) >= 11 is 0. The fourth-order valence-corrected chi connectivity index (χ4v) is 1.67. The molecule has 0 saturated heterocycles. The first kappa shape index (κ1) is 13.2. The topological polar surface area (TPSA) is 85.8 Å². The number of hydrogen-bond acceptors (Lipinski definition) is 4. The summed E-state index contributed by atoms with van der Waals surface area (Å²) in [5, 5.41) is 6.80. The van der Waals surface area contributed by atoms with Gasteiger partial charge in [-0.05, 0) is 12.5 Å². The molecular weight excluding hydrogens is 242 g/mol. The number of rotatable bonds is 4. The summed E-state index contributed by atoms with van der Waals surface area (Å²) in [6.45, 7) is 2.27. The van der Waals surface area contributed by atoms with Crippen LogP contribution in [0.5, 0.6) is 0 Å². The third-order valence-electron chi connectivity index (χ3n) is 2.79. The van der Waals surface area contributed by atoms with Gasteiger partial charge in [0.1, 0.15) is 12.4 Å². The van der Waals surface area contributed by atoms with Gasteiger partial charge in [-0.25, -0.2) is 4.98 Å². The molecule has 0 saturated carbocycles. The van der Waals surface area contributed by atoms with Gasteiger partial charge in [0, 0.05) is 7.05 Å². The van der Waals surface area contributed by atoms with Crippen LogP contribution >= 0.6 is 0 Å². The van der Waals surface area contributed by atoms with E-state index in [9.17, 15) is 4.79 Å². The first-order valence-electron chi connectivity index (χ1n) is 6.00. The van der Waals surface area contributed by atoms with Crippen LogP contribution in [0.25, 0.3) is 0 Å². The molecule has 19 heavy (non-hydrogen) atoms. The van der Waals surface area contributed by atoms with Crippen LogP contribution in [0.1, 0.15) is 23.0 Å². The number of carbonyl (C=O) groups is 1. The lowest BCUT2D eigenvalue weighted by molar-refractivity contribution is -0.122. The number of nitrogens with two attached hydrogens (primary N) is 1. The van der Waals surface area contributed by atoms with Crippen molar-refractivity contribution in [3.05, 3.63) is 47.5 Å². The Balaban J connectivity index is 1.94. The van der Waals surface area contributed by atoms with E-state index in [0.29, 0.717) is 5.82 Å². The van der Waals surface area contributed by atoms with Crippen LogP contribution < -0.4 is 11.1 Å². The molecule has 1 heterocycles. The Labute approximate surface area is 111 Å². The van der Waals surface area contributed by atoms with Crippen LogP contribution in [0.4, 0.5) is 0 Å². The maximum absolute atomic E-state index is 11.9. The van der Waals surface area contributed by atoms with Crippen molar-refractivity contribution in [3.63, 3.8) is 0 Å². The summed E-state index contributed by atoms with van der Waals surface area (Å²) in [5.74, 6) is 0.322. The Morgan fingerprint density at radius 2 is 2.11 bits per heavy atom. The smallest absolute Gasteiger partial charge is 0.241 e. The minimum absolute atomic E-state index is 0.240. The molecule has 6 nitrogen and oxygen atoms in total. The highest BCUT2D eigenvalue weighted by molar-refractivity contribution is 5.82. The highest BCUT2D eigenvalue weighted by Crippen LogP contribution is 2.11. The zero-order chi connectivity index (χ0) is 13.8. The second kappa shape index (κ2) is 5.62. The lowest BCUT2D eigenvalue weighted by Crippen LogP contribution is -2.34. The van der Waals surface area contributed by atoms with E-state index >= 15 is 0 Å². The van der Waals surface area contributed by atoms with E-state index in [-0.39, 0.29) is 12.5 Å². The highest BCUT2D eigenvalue weighted by Gasteiger charge is 2.15. The van der Waals surface area contributed by atoms with Crippen LogP contribution in [0, 0.1) is 6.92 Å². The first-order chi connectivity index (χ1) is 9.06. The molecule has 0 fully saturated rings. The summed E-state index contributed by atoms with van der Waals surface area (Å²) in [4.78, 5) is 15.9. The third kappa shape index (κ3) is 3.38. The Bertz CT molecular complexity index is 561. The molecule has 0 aliphatic carbocycles. The van der Waals surface area contributed by atoms with Gasteiger partial charge in [-0.1, -0.05) is 29.8 Å². The monoisotopic (exact) mass is 259 g/mol. The van der Waals surface area contributed by atoms with Crippen molar-refractivity contribution >= 4 is 5.91 Å². The summed E-state index contributed by atoms with van der Waals surface area (Å²) in [5.41, 5.74) is 7.82. The second-order valence-electron chi connectivity index (χ2n) is 4.44. The molecule has 6 heteroatoms. The van der Waals surface area contributed by atoms with Crippen molar-refractivity contribution in [2.24, 2.45) is 12.8 Å². The molecule has 2 aromatic rings. The summed E-state index contributed by atoms with van der Waals surface area (Å²) in [7, 11) is 1.77. The number of aromatic nitrogens is 3. The van der Waals surface area contributed by atoms with Gasteiger partial charge in [0.05, 0.1) is 6.54 Å². The number of nitrogens with zero attached hydrogens (tertiary/aromatic N) is 3. The molecule has 1 aromatic heterocycles. The van der Waals surface area contributed by atoms with Crippen LogP contribution in [0.2, 0.25) is 0 Å². The van der Waals surface area contributed by atoms with Gasteiger partial charge in [0.15, 0.2) is 5.82 Å². The van der Waals surface area contributed by atoms with Crippen molar-refractivity contribution in [2.45, 2.75) is 19.5 Å². The van der Waals surface area contributed by atoms with E-state index in [1.54, 1.807) is 18.1 Å². The lowest BCUT2D eigenvalue weighted by Gasteiger charge is -2.11. The van der Waals surface area contributed by atoms with Crippen molar-refractivity contribution in [3.8, 4) is 0 Å². The van der Waals surface area contributed by atoms with Crippen molar-refractivity contribution < 1.29 is 4.79 Å². The number of aryl methyl sites for hydroxylation is 2. The van der Waals surface area contributed by atoms with Crippen molar-refractivity contribution in [1.29, 1.82) is 0 Å². The van der Waals surface area contributed by atoms with Crippen molar-refractivity contribution in [2.75, 3.05) is 0 Å². The molecule has 100 valence electrons. The number of nitrogens with one attached hydrogen (secondary N) is 1. The van der Waals surface area contributed by atoms with Gasteiger partial charge < -0.3 is 11.1 Å². The fourth-order valence-electron chi connectivity index (χ4n) is 1.67. The van der Waals surface area contributed by atoms with E-state index < -0.39 is 6.04 Å². The molecule has 1 aromatic carbocycles. The maximum atomic E-state index is 11.9. The molecule has 1 atom stereocenters. The van der Waals surface area contributed by atoms with Crippen LogP contribution in [-0.4, -0.2) is 20.7 Å². The Kier molecular flexibility index (Phi) is 3.91. The Morgan fingerprint density at radius 1 is 1.42 bits per heavy atom.